The number of aromatic nitrogens is 1. The molecule has 13 heavy (non-hydrogen) atoms. The van der Waals surface area contributed by atoms with Crippen LogP contribution in [0, 0.1) is 0 Å². The first-order valence-electron chi connectivity index (χ1n) is 4.77. The minimum absolute atomic E-state index is 0.537. The number of halogens is 1. The van der Waals surface area contributed by atoms with Gasteiger partial charge in [0, 0.05) is 16.1 Å². The van der Waals surface area contributed by atoms with Crippen molar-refractivity contribution in [2.75, 3.05) is 0 Å². The first-order valence-corrected chi connectivity index (χ1v) is 6.56. The molecular weight excluding hydrogens is 246 g/mol. The Kier molecular flexibility index (Phi) is 4.39. The average Bonchev–Trinajstić information content (AvgIpc) is 2.63. The van der Waals surface area contributed by atoms with Gasteiger partial charge in [0.05, 0.1) is 10.7 Å². The summed E-state index contributed by atoms with van der Waals surface area (Å²) in [4.78, 5) is 5.14. The van der Waals surface area contributed by atoms with Crippen LogP contribution >= 0.6 is 27.3 Å². The summed E-state index contributed by atoms with van der Waals surface area (Å²) < 4.78 is 0. The molecule has 0 N–H and O–H groups in total. The number of aryl methyl sites for hydroxylation is 1. The van der Waals surface area contributed by atoms with Gasteiger partial charge in [0.2, 0.25) is 0 Å². The van der Waals surface area contributed by atoms with Gasteiger partial charge in [-0.3, -0.25) is 0 Å². The molecule has 2 atom stereocenters. The molecule has 0 saturated heterocycles. The Balaban J connectivity index is 2.70. The predicted octanol–water partition coefficient (Wildman–Crippen LogP) is 3.98. The van der Waals surface area contributed by atoms with Crippen LogP contribution in [-0.4, -0.2) is 9.81 Å². The highest BCUT2D eigenvalue weighted by molar-refractivity contribution is 9.09. The molecular formula is C10H16BrNS. The summed E-state index contributed by atoms with van der Waals surface area (Å²) in [5.74, 6) is 0.537. The lowest BCUT2D eigenvalue weighted by atomic mass is 10.1. The van der Waals surface area contributed by atoms with Crippen LogP contribution in [0.25, 0.3) is 0 Å². The van der Waals surface area contributed by atoms with Crippen LogP contribution in [0.2, 0.25) is 0 Å². The Morgan fingerprint density at radius 1 is 1.54 bits per heavy atom. The van der Waals surface area contributed by atoms with E-state index in [1.807, 2.05) is 0 Å². The van der Waals surface area contributed by atoms with Crippen molar-refractivity contribution < 1.29 is 0 Å². The van der Waals surface area contributed by atoms with Gasteiger partial charge < -0.3 is 0 Å². The van der Waals surface area contributed by atoms with Crippen LogP contribution < -0.4 is 0 Å². The fourth-order valence-corrected chi connectivity index (χ4v) is 2.65. The Morgan fingerprint density at radius 3 is 2.69 bits per heavy atom. The molecule has 0 saturated carbocycles. The van der Waals surface area contributed by atoms with E-state index in [0.29, 0.717) is 10.7 Å². The maximum absolute atomic E-state index is 4.59. The number of nitrogens with zero attached hydrogens (tertiary/aromatic N) is 1. The van der Waals surface area contributed by atoms with Crippen LogP contribution in [0.5, 0.6) is 0 Å². The standard InChI is InChI=1S/C10H16BrNS/c1-4-8-6-13-10(12-8)7(3)9(11)5-2/h6-7,9H,4-5H2,1-3H3. The minimum atomic E-state index is 0.537. The summed E-state index contributed by atoms with van der Waals surface area (Å²) in [6.07, 6.45) is 2.20. The summed E-state index contributed by atoms with van der Waals surface area (Å²) in [7, 11) is 0. The zero-order chi connectivity index (χ0) is 9.84. The fraction of sp³-hybridized carbons (Fsp3) is 0.700. The van der Waals surface area contributed by atoms with E-state index in [4.69, 9.17) is 0 Å². The summed E-state index contributed by atoms with van der Waals surface area (Å²) in [6.45, 7) is 6.58. The van der Waals surface area contributed by atoms with Gasteiger partial charge in [0.25, 0.3) is 0 Å². The van der Waals surface area contributed by atoms with Crippen molar-refractivity contribution in [3.8, 4) is 0 Å². The second kappa shape index (κ2) is 5.11. The molecule has 0 radical (unpaired) electrons. The topological polar surface area (TPSA) is 12.9 Å². The first kappa shape index (κ1) is 11.2. The maximum Gasteiger partial charge on any atom is 0.0967 e. The van der Waals surface area contributed by atoms with Crippen molar-refractivity contribution in [3.63, 3.8) is 0 Å². The second-order valence-electron chi connectivity index (χ2n) is 3.24. The van der Waals surface area contributed by atoms with E-state index in [2.05, 4.69) is 47.1 Å². The monoisotopic (exact) mass is 261 g/mol. The number of alkyl halides is 1. The Bertz CT molecular complexity index is 259. The second-order valence-corrected chi connectivity index (χ2v) is 5.31. The van der Waals surface area contributed by atoms with Gasteiger partial charge in [0.1, 0.15) is 0 Å². The number of thiazole rings is 1. The van der Waals surface area contributed by atoms with Crippen molar-refractivity contribution >= 4 is 27.3 Å². The number of hydrogen-bond acceptors (Lipinski definition) is 2. The largest absolute Gasteiger partial charge is 0.246 e. The smallest absolute Gasteiger partial charge is 0.0967 e. The van der Waals surface area contributed by atoms with Crippen LogP contribution in [0.1, 0.15) is 43.8 Å². The van der Waals surface area contributed by atoms with Crippen LogP contribution in [0.3, 0.4) is 0 Å². The molecule has 1 heterocycles. The van der Waals surface area contributed by atoms with E-state index in [9.17, 15) is 0 Å². The Morgan fingerprint density at radius 2 is 2.23 bits per heavy atom. The molecule has 1 nitrogen and oxygen atoms in total. The van der Waals surface area contributed by atoms with E-state index < -0.39 is 0 Å². The maximum atomic E-state index is 4.59. The molecule has 0 spiro atoms. The Labute approximate surface area is 92.7 Å². The van der Waals surface area contributed by atoms with Crippen LogP contribution in [0.15, 0.2) is 5.38 Å². The minimum Gasteiger partial charge on any atom is -0.246 e. The van der Waals surface area contributed by atoms with E-state index in [0.717, 1.165) is 12.8 Å². The zero-order valence-corrected chi connectivity index (χ0v) is 10.8. The number of hydrogen-bond donors (Lipinski definition) is 0. The molecule has 0 aliphatic carbocycles. The molecule has 3 heteroatoms. The first-order chi connectivity index (χ1) is 6.19. The summed E-state index contributed by atoms with van der Waals surface area (Å²) in [5, 5.41) is 3.43. The van der Waals surface area contributed by atoms with Gasteiger partial charge in [-0.15, -0.1) is 11.3 Å². The summed E-state index contributed by atoms with van der Waals surface area (Å²) in [5.41, 5.74) is 1.22. The molecule has 0 fully saturated rings. The molecule has 0 aromatic carbocycles. The molecule has 1 rings (SSSR count). The fourth-order valence-electron chi connectivity index (χ4n) is 1.20. The Hall–Kier alpha value is 0.110. The van der Waals surface area contributed by atoms with E-state index in [1.54, 1.807) is 11.3 Å². The van der Waals surface area contributed by atoms with Gasteiger partial charge in [-0.1, -0.05) is 36.7 Å². The van der Waals surface area contributed by atoms with Crippen molar-refractivity contribution in [2.24, 2.45) is 0 Å². The molecule has 0 amide bonds. The van der Waals surface area contributed by atoms with E-state index in [1.165, 1.54) is 10.7 Å². The highest BCUT2D eigenvalue weighted by Crippen LogP contribution is 2.29. The highest BCUT2D eigenvalue weighted by atomic mass is 79.9. The predicted molar refractivity (Wildman–Crippen MR) is 62.9 cm³/mol. The third kappa shape index (κ3) is 2.78. The molecule has 0 aliphatic rings. The van der Waals surface area contributed by atoms with Gasteiger partial charge in [-0.05, 0) is 12.8 Å². The molecule has 74 valence electrons. The average molecular weight is 262 g/mol. The molecule has 1 aromatic rings. The van der Waals surface area contributed by atoms with Gasteiger partial charge in [0.15, 0.2) is 0 Å². The third-order valence-corrected chi connectivity index (χ3v) is 4.79. The lowest BCUT2D eigenvalue weighted by Gasteiger charge is -2.13. The molecule has 0 aliphatic heterocycles. The van der Waals surface area contributed by atoms with Crippen molar-refractivity contribution in [3.05, 3.63) is 16.1 Å². The quantitative estimate of drug-likeness (QED) is 0.748. The SMILES string of the molecule is CCc1csc(C(C)C(Br)CC)n1. The summed E-state index contributed by atoms with van der Waals surface area (Å²) >= 11 is 5.46. The number of rotatable bonds is 4. The highest BCUT2D eigenvalue weighted by Gasteiger charge is 2.17. The van der Waals surface area contributed by atoms with Gasteiger partial charge in [-0.2, -0.15) is 0 Å². The summed E-state index contributed by atoms with van der Waals surface area (Å²) in [6, 6.07) is 0. The molecule has 1 aromatic heterocycles. The zero-order valence-electron chi connectivity index (χ0n) is 8.38. The normalized spacial score (nSPS) is 15.7. The van der Waals surface area contributed by atoms with E-state index in [-0.39, 0.29) is 0 Å². The van der Waals surface area contributed by atoms with Crippen LogP contribution in [-0.2, 0) is 6.42 Å². The lowest BCUT2D eigenvalue weighted by molar-refractivity contribution is 0.686. The van der Waals surface area contributed by atoms with Crippen molar-refractivity contribution in [2.45, 2.75) is 44.4 Å². The van der Waals surface area contributed by atoms with Gasteiger partial charge in [-0.25, -0.2) is 4.98 Å². The van der Waals surface area contributed by atoms with Crippen molar-refractivity contribution in [1.29, 1.82) is 0 Å². The lowest BCUT2D eigenvalue weighted by Crippen LogP contribution is -2.07. The van der Waals surface area contributed by atoms with Crippen LogP contribution in [0.4, 0.5) is 0 Å². The van der Waals surface area contributed by atoms with Crippen molar-refractivity contribution in [1.82, 2.24) is 4.98 Å². The third-order valence-electron chi connectivity index (χ3n) is 2.25. The van der Waals surface area contributed by atoms with E-state index >= 15 is 0 Å². The van der Waals surface area contributed by atoms with Gasteiger partial charge >= 0.3 is 0 Å². The molecule has 0 bridgehead atoms. The molecule has 2 unspecified atom stereocenters.